The highest BCUT2D eigenvalue weighted by Gasteiger charge is 2.16. The molecule has 2 N–H and O–H groups in total. The van der Waals surface area contributed by atoms with Crippen molar-refractivity contribution in [3.05, 3.63) is 35.1 Å². The molecule has 1 rings (SSSR count). The summed E-state index contributed by atoms with van der Waals surface area (Å²) >= 11 is 0. The number of rotatable bonds is 5. The maximum atomic E-state index is 13.3. The van der Waals surface area contributed by atoms with Gasteiger partial charge in [0.2, 0.25) is 0 Å². The number of hydrogen-bond acceptors (Lipinski definition) is 2. The van der Waals surface area contributed by atoms with Gasteiger partial charge in [-0.2, -0.15) is 0 Å². The van der Waals surface area contributed by atoms with Crippen molar-refractivity contribution >= 4 is 0 Å². The van der Waals surface area contributed by atoms with Crippen molar-refractivity contribution in [3.8, 4) is 0 Å². The first kappa shape index (κ1) is 14.0. The zero-order valence-electron chi connectivity index (χ0n) is 9.80. The quantitative estimate of drug-likeness (QED) is 0.783. The molecule has 0 amide bonds. The van der Waals surface area contributed by atoms with E-state index in [1.807, 2.05) is 13.8 Å². The summed E-state index contributed by atoms with van der Waals surface area (Å²) < 4.78 is 38.8. The molecule has 96 valence electrons. The molecule has 0 heterocycles. The highest BCUT2D eigenvalue weighted by atomic mass is 19.2. The van der Waals surface area contributed by atoms with E-state index in [4.69, 9.17) is 0 Å². The molecule has 1 unspecified atom stereocenters. The molecule has 5 heteroatoms. The Bertz CT molecular complexity index is 382. The van der Waals surface area contributed by atoms with Gasteiger partial charge < -0.3 is 10.4 Å². The topological polar surface area (TPSA) is 32.3 Å². The minimum atomic E-state index is -1.26. The Morgan fingerprint density at radius 3 is 2.24 bits per heavy atom. The summed E-state index contributed by atoms with van der Waals surface area (Å²) in [6, 6.07) is 1.13. The predicted octanol–water partition coefficient (Wildman–Crippen LogP) is 2.38. The summed E-state index contributed by atoms with van der Waals surface area (Å²) in [4.78, 5) is 0. The Labute approximate surface area is 98.5 Å². The van der Waals surface area contributed by atoms with Gasteiger partial charge in [-0.3, -0.25) is 0 Å². The summed E-state index contributed by atoms with van der Waals surface area (Å²) in [5.74, 6) is -2.97. The molecule has 0 aliphatic carbocycles. The van der Waals surface area contributed by atoms with Gasteiger partial charge in [-0.1, -0.05) is 13.8 Å². The van der Waals surface area contributed by atoms with Crippen LogP contribution >= 0.6 is 0 Å². The van der Waals surface area contributed by atoms with Crippen LogP contribution in [0, 0.1) is 23.4 Å². The van der Waals surface area contributed by atoms with Gasteiger partial charge in [0.15, 0.2) is 11.6 Å². The average molecular weight is 247 g/mol. The third-order valence-corrected chi connectivity index (χ3v) is 2.29. The lowest BCUT2D eigenvalue weighted by Crippen LogP contribution is -2.25. The highest BCUT2D eigenvalue weighted by Crippen LogP contribution is 2.19. The molecule has 0 saturated carbocycles. The molecule has 2 nitrogen and oxygen atoms in total. The maximum absolute atomic E-state index is 13.3. The van der Waals surface area contributed by atoms with Crippen LogP contribution in [-0.4, -0.2) is 18.2 Å². The van der Waals surface area contributed by atoms with E-state index in [1.165, 1.54) is 0 Å². The number of nitrogens with one attached hydrogen (secondary N) is 1. The third kappa shape index (κ3) is 4.02. The van der Waals surface area contributed by atoms with Crippen LogP contribution < -0.4 is 5.32 Å². The van der Waals surface area contributed by atoms with Gasteiger partial charge in [-0.15, -0.1) is 0 Å². The maximum Gasteiger partial charge on any atom is 0.161 e. The van der Waals surface area contributed by atoms with E-state index in [-0.39, 0.29) is 12.1 Å². The van der Waals surface area contributed by atoms with Crippen LogP contribution in [0.2, 0.25) is 0 Å². The van der Waals surface area contributed by atoms with Gasteiger partial charge in [0, 0.05) is 18.2 Å². The first-order valence-electron chi connectivity index (χ1n) is 5.45. The van der Waals surface area contributed by atoms with Crippen LogP contribution in [-0.2, 0) is 0 Å². The van der Waals surface area contributed by atoms with Crippen LogP contribution in [0.1, 0.15) is 25.5 Å². The number of aliphatic hydroxyl groups excluding tert-OH is 1. The molecule has 0 radical (unpaired) electrons. The van der Waals surface area contributed by atoms with Crippen molar-refractivity contribution in [2.75, 3.05) is 13.1 Å². The summed E-state index contributed by atoms with van der Waals surface area (Å²) in [5, 5.41) is 12.5. The van der Waals surface area contributed by atoms with E-state index in [0.717, 1.165) is 0 Å². The van der Waals surface area contributed by atoms with Crippen LogP contribution in [0.5, 0.6) is 0 Å². The molecule has 0 aliphatic heterocycles. The van der Waals surface area contributed by atoms with Crippen molar-refractivity contribution in [1.29, 1.82) is 0 Å². The lowest BCUT2D eigenvalue weighted by molar-refractivity contribution is 0.168. The molecule has 1 aromatic carbocycles. The summed E-state index contributed by atoms with van der Waals surface area (Å²) in [7, 11) is 0. The Morgan fingerprint density at radius 2 is 1.65 bits per heavy atom. The van der Waals surface area contributed by atoms with E-state index >= 15 is 0 Å². The molecule has 1 atom stereocenters. The van der Waals surface area contributed by atoms with E-state index in [0.29, 0.717) is 24.6 Å². The second kappa shape index (κ2) is 6.02. The van der Waals surface area contributed by atoms with Gasteiger partial charge >= 0.3 is 0 Å². The second-order valence-electron chi connectivity index (χ2n) is 4.36. The normalized spacial score (nSPS) is 13.1. The van der Waals surface area contributed by atoms with Gasteiger partial charge in [-0.25, -0.2) is 13.2 Å². The first-order chi connectivity index (χ1) is 7.91. The van der Waals surface area contributed by atoms with Gasteiger partial charge in [0.1, 0.15) is 5.82 Å². The number of hydrogen-bond donors (Lipinski definition) is 2. The molecular weight excluding hydrogens is 231 g/mol. The lowest BCUT2D eigenvalue weighted by Gasteiger charge is -2.14. The van der Waals surface area contributed by atoms with E-state index in [9.17, 15) is 18.3 Å². The first-order valence-corrected chi connectivity index (χ1v) is 5.45. The van der Waals surface area contributed by atoms with E-state index in [2.05, 4.69) is 5.32 Å². The molecule has 0 aliphatic rings. The molecule has 0 bridgehead atoms. The van der Waals surface area contributed by atoms with Crippen LogP contribution in [0.4, 0.5) is 13.2 Å². The van der Waals surface area contributed by atoms with Crippen molar-refractivity contribution in [3.63, 3.8) is 0 Å². The molecular formula is C12H16F3NO. The van der Waals surface area contributed by atoms with Crippen molar-refractivity contribution in [1.82, 2.24) is 5.32 Å². The molecule has 0 spiro atoms. The van der Waals surface area contributed by atoms with Gasteiger partial charge in [0.25, 0.3) is 0 Å². The number of aliphatic hydroxyl groups is 1. The fourth-order valence-corrected chi connectivity index (χ4v) is 1.41. The predicted molar refractivity (Wildman–Crippen MR) is 59.0 cm³/mol. The molecule has 1 aromatic rings. The van der Waals surface area contributed by atoms with Crippen LogP contribution in [0.3, 0.4) is 0 Å². The second-order valence-corrected chi connectivity index (χ2v) is 4.36. The van der Waals surface area contributed by atoms with Gasteiger partial charge in [0.05, 0.1) is 6.10 Å². The third-order valence-electron chi connectivity index (χ3n) is 2.29. The zero-order valence-corrected chi connectivity index (χ0v) is 9.80. The largest absolute Gasteiger partial charge is 0.387 e. The highest BCUT2D eigenvalue weighted by molar-refractivity contribution is 5.22. The smallest absolute Gasteiger partial charge is 0.161 e. The molecule has 0 saturated heterocycles. The monoisotopic (exact) mass is 247 g/mol. The minimum Gasteiger partial charge on any atom is -0.387 e. The van der Waals surface area contributed by atoms with Crippen molar-refractivity contribution < 1.29 is 18.3 Å². The molecule has 17 heavy (non-hydrogen) atoms. The summed E-state index contributed by atoms with van der Waals surface area (Å²) in [6.45, 7) is 4.72. The number of halogens is 3. The molecule has 0 fully saturated rings. The fraction of sp³-hybridized carbons (Fsp3) is 0.500. The molecule has 0 aromatic heterocycles. The van der Waals surface area contributed by atoms with E-state index < -0.39 is 23.6 Å². The lowest BCUT2D eigenvalue weighted by atomic mass is 10.1. The SMILES string of the molecule is CC(C)CNCC(O)c1cc(F)c(F)cc1F. The minimum absolute atomic E-state index is 0.0974. The summed E-state index contributed by atoms with van der Waals surface area (Å²) in [6.07, 6.45) is -1.19. The standard InChI is InChI=1S/C12H16F3NO/c1-7(2)5-16-6-12(17)8-3-10(14)11(15)4-9(8)13/h3-4,7,12,16-17H,5-6H2,1-2H3. The number of benzene rings is 1. The summed E-state index contributed by atoms with van der Waals surface area (Å²) in [5.41, 5.74) is -0.236. The van der Waals surface area contributed by atoms with Crippen LogP contribution in [0.25, 0.3) is 0 Å². The van der Waals surface area contributed by atoms with Crippen molar-refractivity contribution in [2.24, 2.45) is 5.92 Å². The Kier molecular flexibility index (Phi) is 4.96. The zero-order chi connectivity index (χ0) is 13.0. The van der Waals surface area contributed by atoms with Crippen molar-refractivity contribution in [2.45, 2.75) is 20.0 Å². The average Bonchev–Trinajstić information content (AvgIpc) is 2.22. The van der Waals surface area contributed by atoms with Gasteiger partial charge in [-0.05, 0) is 18.5 Å². The van der Waals surface area contributed by atoms with E-state index in [1.54, 1.807) is 0 Å². The Balaban J connectivity index is 2.68. The fourth-order valence-electron chi connectivity index (χ4n) is 1.41. The Hall–Kier alpha value is -1.07. The Morgan fingerprint density at radius 1 is 1.06 bits per heavy atom. The van der Waals surface area contributed by atoms with Crippen LogP contribution in [0.15, 0.2) is 12.1 Å².